The van der Waals surface area contributed by atoms with Crippen molar-refractivity contribution in [2.45, 2.75) is 18.4 Å². The van der Waals surface area contributed by atoms with Crippen molar-refractivity contribution in [2.75, 3.05) is 13.1 Å². The van der Waals surface area contributed by atoms with E-state index < -0.39 is 11.6 Å². The van der Waals surface area contributed by atoms with Gasteiger partial charge in [-0.1, -0.05) is 30.3 Å². The van der Waals surface area contributed by atoms with Crippen LogP contribution in [0.5, 0.6) is 0 Å². The highest BCUT2D eigenvalue weighted by atomic mass is 79.9. The molecular weight excluding hydrogens is 378 g/mol. The number of amides is 1. The Bertz CT molecular complexity index is 767. The Morgan fingerprint density at radius 1 is 1.21 bits per heavy atom. The Kier molecular flexibility index (Phi) is 4.42. The molecule has 1 aromatic carbocycles. The smallest absolute Gasteiger partial charge is 0.335 e. The standard InChI is InChI=1S/C16H16BrN3O4/c17-11-12(10-4-2-1-3-5-10)18-19-13(11)14(21)20-8-6-16(24,7-9-20)15(22)23/h1-5,24H,6-9H2,(H,18,19)(H,22,23). The molecule has 126 valence electrons. The zero-order chi connectivity index (χ0) is 17.3. The summed E-state index contributed by atoms with van der Waals surface area (Å²) in [4.78, 5) is 25.2. The minimum Gasteiger partial charge on any atom is -0.479 e. The number of carboxylic acids is 1. The maximum Gasteiger partial charge on any atom is 0.335 e. The zero-order valence-corrected chi connectivity index (χ0v) is 14.3. The molecule has 7 nitrogen and oxygen atoms in total. The fraction of sp³-hybridized carbons (Fsp3) is 0.312. The number of hydrogen-bond acceptors (Lipinski definition) is 4. The summed E-state index contributed by atoms with van der Waals surface area (Å²) < 4.78 is 0.567. The lowest BCUT2D eigenvalue weighted by Crippen LogP contribution is -2.50. The highest BCUT2D eigenvalue weighted by molar-refractivity contribution is 9.10. The van der Waals surface area contributed by atoms with Gasteiger partial charge in [0.05, 0.1) is 4.47 Å². The van der Waals surface area contributed by atoms with Crippen molar-refractivity contribution in [1.29, 1.82) is 0 Å². The van der Waals surface area contributed by atoms with Gasteiger partial charge in [0.2, 0.25) is 0 Å². The highest BCUT2D eigenvalue weighted by Crippen LogP contribution is 2.30. The lowest BCUT2D eigenvalue weighted by Gasteiger charge is -2.35. The van der Waals surface area contributed by atoms with Gasteiger partial charge in [-0.15, -0.1) is 0 Å². The van der Waals surface area contributed by atoms with Crippen LogP contribution in [0.4, 0.5) is 0 Å². The largest absolute Gasteiger partial charge is 0.479 e. The maximum atomic E-state index is 12.6. The van der Waals surface area contributed by atoms with Crippen LogP contribution in [0, 0.1) is 0 Å². The summed E-state index contributed by atoms with van der Waals surface area (Å²) in [5.74, 6) is -1.52. The van der Waals surface area contributed by atoms with Crippen molar-refractivity contribution in [3.05, 3.63) is 40.5 Å². The molecule has 1 aromatic heterocycles. The minimum absolute atomic E-state index is 0.00533. The number of hydrogen-bond donors (Lipinski definition) is 3. The van der Waals surface area contributed by atoms with Crippen LogP contribution in [0.25, 0.3) is 11.3 Å². The van der Waals surface area contributed by atoms with Gasteiger partial charge in [0.25, 0.3) is 5.91 Å². The number of carboxylic acid groups (broad SMARTS) is 1. The van der Waals surface area contributed by atoms with Crippen LogP contribution in [0.2, 0.25) is 0 Å². The average molecular weight is 394 g/mol. The summed E-state index contributed by atoms with van der Waals surface area (Å²) >= 11 is 3.42. The van der Waals surface area contributed by atoms with Gasteiger partial charge in [-0.05, 0) is 15.9 Å². The lowest BCUT2D eigenvalue weighted by molar-refractivity contribution is -0.162. The normalized spacial score (nSPS) is 16.8. The first-order valence-corrected chi connectivity index (χ1v) is 8.26. The van der Waals surface area contributed by atoms with Crippen molar-refractivity contribution in [3.63, 3.8) is 0 Å². The summed E-state index contributed by atoms with van der Waals surface area (Å²) in [6, 6.07) is 9.45. The Balaban J connectivity index is 1.78. The summed E-state index contributed by atoms with van der Waals surface area (Å²) in [5.41, 5.74) is 0.0724. The molecule has 2 aromatic rings. The first kappa shape index (κ1) is 16.7. The first-order chi connectivity index (χ1) is 11.4. The second-order valence-electron chi connectivity index (χ2n) is 5.76. The van der Waals surface area contributed by atoms with Crippen molar-refractivity contribution in [3.8, 4) is 11.3 Å². The third-order valence-corrected chi connectivity index (χ3v) is 5.02. The number of nitrogens with zero attached hydrogens (tertiary/aromatic N) is 2. The van der Waals surface area contributed by atoms with Gasteiger partial charge in [-0.2, -0.15) is 5.10 Å². The second-order valence-corrected chi connectivity index (χ2v) is 6.55. The Labute approximate surface area is 146 Å². The second kappa shape index (κ2) is 6.37. The summed E-state index contributed by atoms with van der Waals surface area (Å²) in [6.07, 6.45) is 0.0107. The number of benzene rings is 1. The predicted octanol–water partition coefficient (Wildman–Crippen LogP) is 1.89. The molecule has 1 saturated heterocycles. The van der Waals surface area contributed by atoms with E-state index in [2.05, 4.69) is 26.1 Å². The molecule has 0 saturated carbocycles. The number of nitrogens with one attached hydrogen (secondary N) is 1. The van der Waals surface area contributed by atoms with Crippen molar-refractivity contribution in [2.24, 2.45) is 0 Å². The van der Waals surface area contributed by atoms with E-state index in [4.69, 9.17) is 5.11 Å². The van der Waals surface area contributed by atoms with Crippen LogP contribution >= 0.6 is 15.9 Å². The number of carbonyl (C=O) groups is 2. The monoisotopic (exact) mass is 393 g/mol. The molecule has 0 unspecified atom stereocenters. The molecule has 0 aliphatic carbocycles. The molecule has 3 N–H and O–H groups in total. The van der Waals surface area contributed by atoms with Gasteiger partial charge < -0.3 is 15.1 Å². The van der Waals surface area contributed by atoms with E-state index in [1.165, 1.54) is 4.90 Å². The number of rotatable bonds is 3. The summed E-state index contributed by atoms with van der Waals surface area (Å²) in [7, 11) is 0. The van der Waals surface area contributed by atoms with E-state index >= 15 is 0 Å². The van der Waals surface area contributed by atoms with Crippen LogP contribution in [-0.4, -0.2) is 55.9 Å². The Morgan fingerprint density at radius 3 is 2.42 bits per heavy atom. The number of aromatic nitrogens is 2. The zero-order valence-electron chi connectivity index (χ0n) is 12.7. The fourth-order valence-electron chi connectivity index (χ4n) is 2.71. The molecule has 8 heteroatoms. The molecule has 3 rings (SSSR count). The number of likely N-dealkylation sites (tertiary alicyclic amines) is 1. The van der Waals surface area contributed by atoms with Crippen LogP contribution in [0.15, 0.2) is 34.8 Å². The molecule has 1 aliphatic rings. The number of aliphatic hydroxyl groups is 1. The molecule has 24 heavy (non-hydrogen) atoms. The summed E-state index contributed by atoms with van der Waals surface area (Å²) in [6.45, 7) is 0.349. The molecular formula is C16H16BrN3O4. The van der Waals surface area contributed by atoms with Crippen molar-refractivity contribution < 1.29 is 19.8 Å². The third-order valence-electron chi connectivity index (χ3n) is 4.24. The molecule has 0 spiro atoms. The third kappa shape index (κ3) is 2.94. The van der Waals surface area contributed by atoms with Crippen molar-refractivity contribution >= 4 is 27.8 Å². The van der Waals surface area contributed by atoms with Crippen LogP contribution in [0.1, 0.15) is 23.3 Å². The number of halogens is 1. The number of carbonyl (C=O) groups excluding carboxylic acids is 1. The molecule has 0 radical (unpaired) electrons. The highest BCUT2D eigenvalue weighted by Gasteiger charge is 2.41. The van der Waals surface area contributed by atoms with Gasteiger partial charge >= 0.3 is 5.97 Å². The van der Waals surface area contributed by atoms with E-state index in [1.807, 2.05) is 30.3 Å². The van der Waals surface area contributed by atoms with Gasteiger partial charge in [0.15, 0.2) is 5.60 Å². The number of piperidine rings is 1. The van der Waals surface area contributed by atoms with E-state index in [0.29, 0.717) is 15.9 Å². The molecule has 0 atom stereocenters. The van der Waals surface area contributed by atoms with Crippen LogP contribution < -0.4 is 0 Å². The Morgan fingerprint density at radius 2 is 1.83 bits per heavy atom. The van der Waals surface area contributed by atoms with Crippen LogP contribution in [-0.2, 0) is 4.79 Å². The molecule has 1 fully saturated rings. The molecule has 2 heterocycles. The Hall–Kier alpha value is -2.19. The van der Waals surface area contributed by atoms with E-state index in [9.17, 15) is 14.7 Å². The maximum absolute atomic E-state index is 12.6. The van der Waals surface area contributed by atoms with Gasteiger partial charge in [0.1, 0.15) is 11.4 Å². The number of aromatic amines is 1. The molecule has 1 aliphatic heterocycles. The van der Waals surface area contributed by atoms with Crippen molar-refractivity contribution in [1.82, 2.24) is 15.1 Å². The quantitative estimate of drug-likeness (QED) is 0.737. The van der Waals surface area contributed by atoms with Gasteiger partial charge in [-0.25, -0.2) is 4.79 Å². The SMILES string of the molecule is O=C(c1[nH]nc(-c2ccccc2)c1Br)N1CCC(O)(C(=O)O)CC1. The first-order valence-electron chi connectivity index (χ1n) is 7.47. The minimum atomic E-state index is -1.75. The van der Waals surface area contributed by atoms with Crippen LogP contribution in [0.3, 0.4) is 0 Å². The number of H-pyrrole nitrogens is 1. The van der Waals surface area contributed by atoms with E-state index in [1.54, 1.807) is 0 Å². The average Bonchev–Trinajstić information content (AvgIpc) is 2.97. The summed E-state index contributed by atoms with van der Waals surface area (Å²) in [5, 5.41) is 25.9. The van der Waals surface area contributed by atoms with E-state index in [-0.39, 0.29) is 31.8 Å². The molecule has 0 bridgehead atoms. The lowest BCUT2D eigenvalue weighted by atomic mass is 9.91. The van der Waals surface area contributed by atoms with E-state index in [0.717, 1.165) is 5.56 Å². The predicted molar refractivity (Wildman–Crippen MR) is 89.4 cm³/mol. The van der Waals surface area contributed by atoms with Gasteiger partial charge in [-0.3, -0.25) is 9.89 Å². The topological polar surface area (TPSA) is 107 Å². The molecule has 1 amide bonds. The number of aliphatic carboxylic acids is 1. The van der Waals surface area contributed by atoms with Gasteiger partial charge in [0, 0.05) is 31.5 Å². The fourth-order valence-corrected chi connectivity index (χ4v) is 3.28.